The number of aromatic nitrogens is 2. The molecular formula is C36H42FN7O7. The number of amides is 4. The number of piperazine rings is 1. The van der Waals surface area contributed by atoms with Gasteiger partial charge in [-0.15, -0.1) is 0 Å². The monoisotopic (exact) mass is 703 g/mol. The highest BCUT2D eigenvalue weighted by atomic mass is 19.1. The lowest BCUT2D eigenvalue weighted by Crippen LogP contribution is -2.57. The minimum absolute atomic E-state index is 0. The van der Waals surface area contributed by atoms with Crippen LogP contribution in [-0.2, 0) is 9.53 Å². The summed E-state index contributed by atoms with van der Waals surface area (Å²) in [5.74, 6) is 0.279. The Morgan fingerprint density at radius 2 is 1.67 bits per heavy atom. The van der Waals surface area contributed by atoms with Gasteiger partial charge in [-0.25, -0.2) is 23.6 Å². The Morgan fingerprint density at radius 3 is 2.35 bits per heavy atom. The lowest BCUT2D eigenvalue weighted by atomic mass is 10.1. The first-order valence-corrected chi connectivity index (χ1v) is 16.6. The molecule has 1 N–H and O–H groups in total. The molecule has 2 saturated heterocycles. The maximum atomic E-state index is 14.3. The van der Waals surface area contributed by atoms with Gasteiger partial charge in [-0.3, -0.25) is 14.5 Å². The first kappa shape index (κ1) is 35.0. The minimum Gasteiger partial charge on any atom is -0.497 e. The Bertz CT molecular complexity index is 1990. The fraction of sp³-hybridized carbons (Fsp3) is 0.361. The van der Waals surface area contributed by atoms with E-state index in [1.54, 1.807) is 54.3 Å². The van der Waals surface area contributed by atoms with Crippen LogP contribution < -0.4 is 30.3 Å². The fourth-order valence-corrected chi connectivity index (χ4v) is 6.63. The Hall–Kier alpha value is -5.86. The van der Waals surface area contributed by atoms with Gasteiger partial charge in [0.25, 0.3) is 5.56 Å². The Labute approximate surface area is 295 Å². The molecule has 0 saturated carbocycles. The number of benzene rings is 3. The zero-order valence-corrected chi connectivity index (χ0v) is 28.9. The van der Waals surface area contributed by atoms with E-state index < -0.39 is 24.0 Å². The number of carbonyl (C=O) groups excluding carboxylic acids is 3. The summed E-state index contributed by atoms with van der Waals surface area (Å²) in [6, 6.07) is 15.9. The van der Waals surface area contributed by atoms with Crippen LogP contribution in [0.4, 0.5) is 25.4 Å². The zero-order chi connectivity index (χ0) is 36.2. The molecule has 2 aliphatic rings. The molecule has 2 aliphatic heterocycles. The molecule has 1 aromatic heterocycles. The molecule has 0 radical (unpaired) electrons. The summed E-state index contributed by atoms with van der Waals surface area (Å²) < 4.78 is 31.1. The molecule has 270 valence electrons. The Kier molecular flexibility index (Phi) is 10.3. The summed E-state index contributed by atoms with van der Waals surface area (Å²) in [4.78, 5) is 63.7. The highest BCUT2D eigenvalue weighted by molar-refractivity contribution is 6.03. The van der Waals surface area contributed by atoms with Crippen LogP contribution in [-0.4, -0.2) is 98.1 Å². The summed E-state index contributed by atoms with van der Waals surface area (Å²) in [6.45, 7) is 3.80. The number of hydrogen-bond donors (Lipinski definition) is 1. The van der Waals surface area contributed by atoms with E-state index in [0.717, 1.165) is 0 Å². The number of rotatable bonds is 8. The van der Waals surface area contributed by atoms with Gasteiger partial charge in [-0.2, -0.15) is 0 Å². The molecule has 6 rings (SSSR count). The Balaban J connectivity index is 0.00000523. The number of carbonyl (C=O) groups is 3. The van der Waals surface area contributed by atoms with Gasteiger partial charge in [0, 0.05) is 39.4 Å². The van der Waals surface area contributed by atoms with Crippen molar-refractivity contribution in [1.82, 2.24) is 19.5 Å². The number of nitrogens with zero attached hydrogens (tertiary/aromatic N) is 6. The molecule has 4 amide bonds. The molecule has 51 heavy (non-hydrogen) atoms. The molecule has 2 atom stereocenters. The van der Waals surface area contributed by atoms with Crippen LogP contribution in [0.2, 0.25) is 0 Å². The standard InChI is InChI=1S/C36H40FN7O7.H2/c1-23(43(30-14-13-27(49-2)21-31(30)50-3)35(47)38-26-11-9-25(37)10-12-26)32-39-29-8-6-5-7-28(29)34(46)44(32)42-19-17-40(18-20-42)33(45)24-15-16-41(22-24)36(48)51-4;/h5-14,21,23-24H,15-20,22H2,1-4H3,(H,38,47);1H. The van der Waals surface area contributed by atoms with Crippen LogP contribution in [0.1, 0.15) is 26.6 Å². The van der Waals surface area contributed by atoms with Gasteiger partial charge in [0.2, 0.25) is 5.91 Å². The maximum Gasteiger partial charge on any atom is 0.409 e. The first-order chi connectivity index (χ1) is 24.6. The van der Waals surface area contributed by atoms with Crippen LogP contribution in [0, 0.1) is 11.7 Å². The summed E-state index contributed by atoms with van der Waals surface area (Å²) >= 11 is 0. The number of likely N-dealkylation sites (tertiary alicyclic amines) is 1. The van der Waals surface area contributed by atoms with E-state index in [4.69, 9.17) is 19.2 Å². The molecular weight excluding hydrogens is 661 g/mol. The van der Waals surface area contributed by atoms with Crippen molar-refractivity contribution in [3.63, 3.8) is 0 Å². The molecule has 3 aromatic carbocycles. The van der Waals surface area contributed by atoms with Gasteiger partial charge < -0.3 is 34.3 Å². The topological polar surface area (TPSA) is 139 Å². The second-order valence-corrected chi connectivity index (χ2v) is 12.3. The average Bonchev–Trinajstić information content (AvgIpc) is 3.66. The quantitative estimate of drug-likeness (QED) is 0.282. The molecule has 15 heteroatoms. The normalized spacial score (nSPS) is 16.5. The predicted molar refractivity (Wildman–Crippen MR) is 191 cm³/mol. The van der Waals surface area contributed by atoms with Crippen molar-refractivity contribution in [3.05, 3.63) is 88.7 Å². The van der Waals surface area contributed by atoms with Crippen LogP contribution in [0.3, 0.4) is 0 Å². The van der Waals surface area contributed by atoms with Gasteiger partial charge in [-0.05, 0) is 61.9 Å². The molecule has 0 bridgehead atoms. The van der Waals surface area contributed by atoms with Crippen LogP contribution in [0.15, 0.2) is 71.5 Å². The van der Waals surface area contributed by atoms with Crippen molar-refractivity contribution >= 4 is 40.3 Å². The zero-order valence-electron chi connectivity index (χ0n) is 28.9. The number of halogens is 1. The lowest BCUT2D eigenvalue weighted by molar-refractivity contribution is -0.135. The summed E-state index contributed by atoms with van der Waals surface area (Å²) in [6.07, 6.45) is 0.0988. The number of nitrogens with one attached hydrogen (secondary N) is 1. The van der Waals surface area contributed by atoms with Gasteiger partial charge >= 0.3 is 12.1 Å². The number of para-hydroxylation sites is 1. The third kappa shape index (κ3) is 7.09. The van der Waals surface area contributed by atoms with Crippen LogP contribution >= 0.6 is 0 Å². The second kappa shape index (κ2) is 14.9. The number of hydrogen-bond acceptors (Lipinski definition) is 9. The van der Waals surface area contributed by atoms with E-state index in [9.17, 15) is 23.6 Å². The fourth-order valence-electron chi connectivity index (χ4n) is 6.63. The van der Waals surface area contributed by atoms with Crippen molar-refractivity contribution < 1.29 is 34.4 Å². The SMILES string of the molecule is COC(=O)N1CCC(C(=O)N2CCN(n3c(C(C)N(C(=O)Nc4ccc(F)cc4)c4ccc(OC)cc4OC)nc4ccccc4c3=O)CC2)C1.[HH]. The van der Waals surface area contributed by atoms with Crippen molar-refractivity contribution in [2.75, 3.05) is 75.8 Å². The van der Waals surface area contributed by atoms with Crippen molar-refractivity contribution in [3.8, 4) is 11.5 Å². The number of methoxy groups -OCH3 is 3. The van der Waals surface area contributed by atoms with Crippen molar-refractivity contribution in [2.45, 2.75) is 19.4 Å². The minimum atomic E-state index is -0.868. The molecule has 0 aliphatic carbocycles. The van der Waals surface area contributed by atoms with E-state index in [-0.39, 0.29) is 24.6 Å². The largest absolute Gasteiger partial charge is 0.497 e. The first-order valence-electron chi connectivity index (χ1n) is 16.6. The third-order valence-corrected chi connectivity index (χ3v) is 9.32. The van der Waals surface area contributed by atoms with Crippen molar-refractivity contribution in [2.24, 2.45) is 5.92 Å². The van der Waals surface area contributed by atoms with E-state index in [0.29, 0.717) is 79.5 Å². The van der Waals surface area contributed by atoms with Gasteiger partial charge in [0.05, 0.1) is 63.0 Å². The molecule has 3 heterocycles. The van der Waals surface area contributed by atoms with Crippen LogP contribution in [0.5, 0.6) is 11.5 Å². The second-order valence-electron chi connectivity index (χ2n) is 12.3. The smallest absolute Gasteiger partial charge is 0.409 e. The number of urea groups is 1. The molecule has 2 unspecified atom stereocenters. The van der Waals surface area contributed by atoms with E-state index in [2.05, 4.69) is 5.32 Å². The number of anilines is 2. The predicted octanol–water partition coefficient (Wildman–Crippen LogP) is 4.47. The molecule has 2 fully saturated rings. The van der Waals surface area contributed by atoms with Crippen molar-refractivity contribution in [1.29, 1.82) is 0 Å². The van der Waals surface area contributed by atoms with Gasteiger partial charge in [0.1, 0.15) is 17.3 Å². The van der Waals surface area contributed by atoms with E-state index in [1.165, 1.54) is 60.1 Å². The highest BCUT2D eigenvalue weighted by Gasteiger charge is 2.37. The number of ether oxygens (including phenoxy) is 3. The van der Waals surface area contributed by atoms with Gasteiger partial charge in [0.15, 0.2) is 5.82 Å². The Morgan fingerprint density at radius 1 is 0.941 bits per heavy atom. The molecule has 0 spiro atoms. The highest BCUT2D eigenvalue weighted by Crippen LogP contribution is 2.37. The van der Waals surface area contributed by atoms with E-state index in [1.807, 2.05) is 5.01 Å². The molecule has 4 aromatic rings. The number of fused-ring (bicyclic) bond motifs is 1. The van der Waals surface area contributed by atoms with E-state index >= 15 is 0 Å². The molecule has 14 nitrogen and oxygen atoms in total. The average molecular weight is 704 g/mol. The lowest BCUT2D eigenvalue weighted by Gasteiger charge is -2.39. The summed E-state index contributed by atoms with van der Waals surface area (Å²) in [5.41, 5.74) is 0.846. The third-order valence-electron chi connectivity index (χ3n) is 9.32. The van der Waals surface area contributed by atoms with Gasteiger partial charge in [-0.1, -0.05) is 12.1 Å². The summed E-state index contributed by atoms with van der Waals surface area (Å²) in [7, 11) is 4.31. The maximum absolute atomic E-state index is 14.3. The van der Waals surface area contributed by atoms with Crippen LogP contribution in [0.25, 0.3) is 10.9 Å². The summed E-state index contributed by atoms with van der Waals surface area (Å²) in [5, 5.41) is 5.07.